The molecule has 0 unspecified atom stereocenters. The summed E-state index contributed by atoms with van der Waals surface area (Å²) in [6, 6.07) is 25.7. The zero-order chi connectivity index (χ0) is 39.7. The Kier molecular flexibility index (Phi) is 12.5. The standard InChI is InChI=1S/C43H47N7O6/c1-28(51)46-27-30-22-31(43(2,3)4)23-38(41(30)53-5)49-42(52)48-37-10-11-39(36-9-7-6-8-35(36)37)56-33-12-13-45-40(25-33)47-32-20-29(26-44)21-34(24-32)55-19-16-50-14-17-54-18-15-50/h6-13,20-25H,14-19,27H2,1-5H3,(H,45,47)(H,46,51)(H2,48,49,52). The van der Waals surface area contributed by atoms with Crippen LogP contribution in [-0.4, -0.2) is 68.4 Å². The second kappa shape index (κ2) is 17.9. The lowest BCUT2D eigenvalue weighted by molar-refractivity contribution is -0.119. The van der Waals surface area contributed by atoms with E-state index in [1.54, 1.807) is 42.6 Å². The average molecular weight is 758 g/mol. The molecule has 5 aromatic rings. The number of benzene rings is 4. The molecule has 4 aromatic carbocycles. The van der Waals surface area contributed by atoms with E-state index in [-0.39, 0.29) is 17.9 Å². The van der Waals surface area contributed by atoms with E-state index in [4.69, 9.17) is 18.9 Å². The van der Waals surface area contributed by atoms with Crippen molar-refractivity contribution in [1.82, 2.24) is 15.2 Å². The van der Waals surface area contributed by atoms with Crippen molar-refractivity contribution in [3.63, 3.8) is 0 Å². The van der Waals surface area contributed by atoms with Gasteiger partial charge in [-0.05, 0) is 53.4 Å². The molecule has 6 rings (SSSR count). The van der Waals surface area contributed by atoms with Crippen LogP contribution in [0.1, 0.15) is 44.4 Å². The maximum absolute atomic E-state index is 13.6. The lowest BCUT2D eigenvalue weighted by atomic mass is 9.85. The van der Waals surface area contributed by atoms with Crippen LogP contribution in [0, 0.1) is 11.3 Å². The Balaban J connectivity index is 1.17. The van der Waals surface area contributed by atoms with Gasteiger partial charge in [0.2, 0.25) is 5.91 Å². The first-order valence-electron chi connectivity index (χ1n) is 18.4. The number of ether oxygens (including phenoxy) is 4. The number of rotatable bonds is 13. The van der Waals surface area contributed by atoms with Gasteiger partial charge in [0, 0.05) is 73.5 Å². The molecule has 0 atom stereocenters. The number of anilines is 4. The van der Waals surface area contributed by atoms with Gasteiger partial charge >= 0.3 is 6.03 Å². The van der Waals surface area contributed by atoms with Crippen LogP contribution in [0.5, 0.6) is 23.0 Å². The molecule has 1 aromatic heterocycles. The number of nitrogens with zero attached hydrogens (tertiary/aromatic N) is 3. The smallest absolute Gasteiger partial charge is 0.323 e. The first-order valence-corrected chi connectivity index (χ1v) is 18.4. The van der Waals surface area contributed by atoms with Gasteiger partial charge in [0.15, 0.2) is 0 Å². The minimum absolute atomic E-state index is 0.168. The van der Waals surface area contributed by atoms with E-state index in [0.717, 1.165) is 54.7 Å². The number of carbonyl (C=O) groups is 2. The fourth-order valence-electron chi connectivity index (χ4n) is 6.31. The molecule has 13 nitrogen and oxygen atoms in total. The zero-order valence-electron chi connectivity index (χ0n) is 32.3. The summed E-state index contributed by atoms with van der Waals surface area (Å²) in [6.07, 6.45) is 1.64. The van der Waals surface area contributed by atoms with Crippen molar-refractivity contribution in [1.29, 1.82) is 5.26 Å². The molecule has 1 aliphatic rings. The minimum atomic E-state index is -0.463. The fourth-order valence-corrected chi connectivity index (χ4v) is 6.31. The molecule has 2 heterocycles. The molecule has 0 spiro atoms. The molecule has 290 valence electrons. The fraction of sp³-hybridized carbons (Fsp3) is 0.302. The van der Waals surface area contributed by atoms with Crippen LogP contribution in [0.15, 0.2) is 85.1 Å². The van der Waals surface area contributed by atoms with Crippen molar-refractivity contribution in [2.24, 2.45) is 0 Å². The number of amides is 3. The Morgan fingerprint density at radius 2 is 1.70 bits per heavy atom. The molecule has 1 saturated heterocycles. The number of aromatic nitrogens is 1. The van der Waals surface area contributed by atoms with Crippen LogP contribution in [0.4, 0.5) is 27.7 Å². The van der Waals surface area contributed by atoms with Crippen LogP contribution in [0.25, 0.3) is 10.8 Å². The SMILES string of the molecule is COc1c(CNC(C)=O)cc(C(C)(C)C)cc1NC(=O)Nc1ccc(Oc2ccnc(Nc3cc(C#N)cc(OCCN4CCOCC4)c3)c2)c2ccccc12. The molecule has 1 aliphatic heterocycles. The van der Waals surface area contributed by atoms with E-state index >= 15 is 0 Å². The van der Waals surface area contributed by atoms with Gasteiger partial charge in [0.1, 0.15) is 35.4 Å². The molecule has 1 fully saturated rings. The Hall–Kier alpha value is -6.36. The van der Waals surface area contributed by atoms with Crippen molar-refractivity contribution < 1.29 is 28.5 Å². The molecule has 4 N–H and O–H groups in total. The Labute approximate surface area is 326 Å². The summed E-state index contributed by atoms with van der Waals surface area (Å²) < 4.78 is 23.5. The Morgan fingerprint density at radius 1 is 0.929 bits per heavy atom. The summed E-state index contributed by atoms with van der Waals surface area (Å²) in [4.78, 5) is 32.0. The van der Waals surface area contributed by atoms with E-state index in [1.165, 1.54) is 14.0 Å². The summed E-state index contributed by atoms with van der Waals surface area (Å²) in [5, 5.41) is 23.3. The maximum Gasteiger partial charge on any atom is 0.323 e. The summed E-state index contributed by atoms with van der Waals surface area (Å²) >= 11 is 0. The second-order valence-electron chi connectivity index (χ2n) is 14.4. The predicted octanol–water partition coefficient (Wildman–Crippen LogP) is 7.94. The lowest BCUT2D eigenvalue weighted by Gasteiger charge is -2.26. The summed E-state index contributed by atoms with van der Waals surface area (Å²) in [6.45, 7) is 12.4. The average Bonchev–Trinajstić information content (AvgIpc) is 3.18. The van der Waals surface area contributed by atoms with Crippen molar-refractivity contribution in [3.8, 4) is 29.1 Å². The quantitative estimate of drug-likeness (QED) is 0.0929. The third-order valence-electron chi connectivity index (χ3n) is 9.19. The molecule has 0 bridgehead atoms. The highest BCUT2D eigenvalue weighted by molar-refractivity contribution is 6.08. The van der Waals surface area contributed by atoms with Crippen molar-refractivity contribution in [2.75, 3.05) is 62.5 Å². The second-order valence-corrected chi connectivity index (χ2v) is 14.4. The Morgan fingerprint density at radius 3 is 2.43 bits per heavy atom. The highest BCUT2D eigenvalue weighted by Crippen LogP contribution is 2.37. The number of fused-ring (bicyclic) bond motifs is 1. The van der Waals surface area contributed by atoms with Crippen molar-refractivity contribution in [3.05, 3.63) is 102 Å². The van der Waals surface area contributed by atoms with Crippen LogP contribution >= 0.6 is 0 Å². The number of nitrogens with one attached hydrogen (secondary N) is 4. The van der Waals surface area contributed by atoms with Crippen LogP contribution < -0.4 is 35.5 Å². The van der Waals surface area contributed by atoms with Crippen LogP contribution in [0.2, 0.25) is 0 Å². The summed E-state index contributed by atoms with van der Waals surface area (Å²) in [7, 11) is 1.53. The van der Waals surface area contributed by atoms with Gasteiger partial charge in [-0.2, -0.15) is 5.26 Å². The van der Waals surface area contributed by atoms with Crippen molar-refractivity contribution >= 4 is 45.6 Å². The molecule has 13 heteroatoms. The van der Waals surface area contributed by atoms with Gasteiger partial charge in [-0.3, -0.25) is 9.69 Å². The topological polar surface area (TPSA) is 159 Å². The zero-order valence-corrected chi connectivity index (χ0v) is 32.3. The molecule has 56 heavy (non-hydrogen) atoms. The summed E-state index contributed by atoms with van der Waals surface area (Å²) in [5.41, 5.74) is 3.66. The van der Waals surface area contributed by atoms with E-state index in [1.807, 2.05) is 42.5 Å². The van der Waals surface area contributed by atoms with Gasteiger partial charge in [0.25, 0.3) is 0 Å². The third-order valence-corrected chi connectivity index (χ3v) is 9.19. The molecule has 0 radical (unpaired) electrons. The maximum atomic E-state index is 13.6. The molecular formula is C43H47N7O6. The number of hydrogen-bond acceptors (Lipinski definition) is 10. The monoisotopic (exact) mass is 757 g/mol. The number of carbonyl (C=O) groups excluding carboxylic acids is 2. The lowest BCUT2D eigenvalue weighted by Crippen LogP contribution is -2.38. The number of pyridine rings is 1. The molecule has 0 aliphatic carbocycles. The Bertz CT molecular complexity index is 2240. The molecule has 0 saturated carbocycles. The first kappa shape index (κ1) is 39.3. The largest absolute Gasteiger partial charge is 0.494 e. The van der Waals surface area contributed by atoms with Gasteiger partial charge in [-0.25, -0.2) is 9.78 Å². The van der Waals surface area contributed by atoms with E-state index in [0.29, 0.717) is 58.0 Å². The number of nitriles is 1. The molecular weight excluding hydrogens is 711 g/mol. The van der Waals surface area contributed by atoms with Gasteiger partial charge in [-0.1, -0.05) is 45.0 Å². The number of hydrogen-bond donors (Lipinski definition) is 4. The van der Waals surface area contributed by atoms with E-state index in [9.17, 15) is 14.9 Å². The van der Waals surface area contributed by atoms with Crippen molar-refractivity contribution in [2.45, 2.75) is 39.7 Å². The van der Waals surface area contributed by atoms with Crippen LogP contribution in [0.3, 0.4) is 0 Å². The van der Waals surface area contributed by atoms with Crippen LogP contribution in [-0.2, 0) is 21.5 Å². The number of urea groups is 1. The normalized spacial score (nSPS) is 13.0. The number of methoxy groups -OCH3 is 1. The predicted molar refractivity (Wildman–Crippen MR) is 217 cm³/mol. The third kappa shape index (κ3) is 10.2. The van der Waals surface area contributed by atoms with E-state index in [2.05, 4.69) is 58.0 Å². The number of morpholine rings is 1. The van der Waals surface area contributed by atoms with E-state index < -0.39 is 6.03 Å². The van der Waals surface area contributed by atoms with Gasteiger partial charge in [-0.15, -0.1) is 0 Å². The first-order chi connectivity index (χ1) is 27.0. The van der Waals surface area contributed by atoms with Gasteiger partial charge in [0.05, 0.1) is 43.3 Å². The van der Waals surface area contributed by atoms with Gasteiger partial charge < -0.3 is 40.2 Å². The molecule has 3 amide bonds. The minimum Gasteiger partial charge on any atom is -0.494 e. The highest BCUT2D eigenvalue weighted by Gasteiger charge is 2.21. The summed E-state index contributed by atoms with van der Waals surface area (Å²) in [5.74, 6) is 2.51. The highest BCUT2D eigenvalue weighted by atomic mass is 16.5.